The number of nitrogens with two attached hydrogens (primary N) is 1. The second-order valence-corrected chi connectivity index (χ2v) is 7.23. The Morgan fingerprint density at radius 3 is 2.66 bits per heavy atom. The smallest absolute Gasteiger partial charge is 0.418 e. The van der Waals surface area contributed by atoms with Crippen LogP contribution in [0.15, 0.2) is 30.6 Å². The van der Waals surface area contributed by atoms with Crippen LogP contribution in [-0.4, -0.2) is 55.7 Å². The SMILES string of the molecule is Nc1ncnn2c(-c3ccc(F)c(C(=O)N[C@H]4CCN(C(=O)O)C4)c3)cc(C(F)(F)F)c12. The van der Waals surface area contributed by atoms with Gasteiger partial charge in [0.05, 0.1) is 16.8 Å². The van der Waals surface area contributed by atoms with Crippen molar-refractivity contribution in [2.75, 3.05) is 18.8 Å². The standard InChI is InChI=1S/C19H16F4N6O3/c20-13-2-1-9(5-11(13)17(30)27-10-3-4-28(7-10)18(31)32)14-6-12(19(21,22)23)15-16(24)25-8-26-29(14)15/h1-2,5-6,8,10H,3-4,7H2,(H,27,30)(H,31,32)(H2,24,25,26)/t10-/m0/s1. The first kappa shape index (κ1) is 21.3. The molecule has 0 spiro atoms. The number of carboxylic acid groups (broad SMARTS) is 1. The van der Waals surface area contributed by atoms with E-state index in [2.05, 4.69) is 15.4 Å². The number of likely N-dealkylation sites (tertiary alicyclic amines) is 1. The zero-order chi connectivity index (χ0) is 23.2. The van der Waals surface area contributed by atoms with Crippen molar-refractivity contribution < 1.29 is 32.3 Å². The Labute approximate surface area is 177 Å². The van der Waals surface area contributed by atoms with Crippen LogP contribution in [0.25, 0.3) is 16.8 Å². The Hall–Kier alpha value is -3.90. The molecule has 2 amide bonds. The minimum atomic E-state index is -4.75. The molecule has 1 atom stereocenters. The van der Waals surface area contributed by atoms with Gasteiger partial charge in [0.2, 0.25) is 0 Å². The van der Waals surface area contributed by atoms with Crippen molar-refractivity contribution >= 4 is 23.3 Å². The number of nitrogens with zero attached hydrogens (tertiary/aromatic N) is 4. The number of alkyl halides is 3. The van der Waals surface area contributed by atoms with Crippen LogP contribution in [0.4, 0.5) is 28.2 Å². The monoisotopic (exact) mass is 452 g/mol. The molecule has 4 rings (SSSR count). The van der Waals surface area contributed by atoms with Crippen LogP contribution >= 0.6 is 0 Å². The Morgan fingerprint density at radius 1 is 1.25 bits per heavy atom. The lowest BCUT2D eigenvalue weighted by atomic mass is 10.1. The van der Waals surface area contributed by atoms with Gasteiger partial charge < -0.3 is 21.1 Å². The summed E-state index contributed by atoms with van der Waals surface area (Å²) in [6, 6.07) is 3.57. The van der Waals surface area contributed by atoms with Gasteiger partial charge >= 0.3 is 12.3 Å². The van der Waals surface area contributed by atoms with Gasteiger partial charge in [-0.15, -0.1) is 0 Å². The first-order chi connectivity index (χ1) is 15.1. The number of carbonyl (C=O) groups is 2. The number of hydrogen-bond acceptors (Lipinski definition) is 5. The summed E-state index contributed by atoms with van der Waals surface area (Å²) in [7, 11) is 0. The van der Waals surface area contributed by atoms with E-state index in [-0.39, 0.29) is 30.2 Å². The Kier molecular flexibility index (Phi) is 5.11. The molecule has 168 valence electrons. The zero-order valence-corrected chi connectivity index (χ0v) is 16.2. The second kappa shape index (κ2) is 7.66. The zero-order valence-electron chi connectivity index (χ0n) is 16.2. The third-order valence-corrected chi connectivity index (χ3v) is 5.19. The Balaban J connectivity index is 1.71. The van der Waals surface area contributed by atoms with E-state index in [4.69, 9.17) is 10.8 Å². The Morgan fingerprint density at radius 2 is 2.00 bits per heavy atom. The van der Waals surface area contributed by atoms with E-state index in [0.29, 0.717) is 6.42 Å². The van der Waals surface area contributed by atoms with E-state index in [0.717, 1.165) is 33.9 Å². The molecule has 1 saturated heterocycles. The molecular formula is C19H16F4N6O3. The van der Waals surface area contributed by atoms with Crippen molar-refractivity contribution in [2.45, 2.75) is 18.6 Å². The van der Waals surface area contributed by atoms with Crippen LogP contribution in [0.3, 0.4) is 0 Å². The molecular weight excluding hydrogens is 436 g/mol. The number of halogens is 4. The number of fused-ring (bicyclic) bond motifs is 1. The summed E-state index contributed by atoms with van der Waals surface area (Å²) < 4.78 is 55.9. The maximum atomic E-state index is 14.4. The number of hydrogen-bond donors (Lipinski definition) is 3. The molecule has 13 heteroatoms. The topological polar surface area (TPSA) is 126 Å². The van der Waals surface area contributed by atoms with Gasteiger partial charge in [0.15, 0.2) is 5.82 Å². The van der Waals surface area contributed by atoms with Gasteiger partial charge in [-0.2, -0.15) is 18.3 Å². The summed E-state index contributed by atoms with van der Waals surface area (Å²) in [4.78, 5) is 28.3. The average Bonchev–Trinajstić information content (AvgIpc) is 3.34. The van der Waals surface area contributed by atoms with E-state index in [1.54, 1.807) is 0 Å². The lowest BCUT2D eigenvalue weighted by Gasteiger charge is -2.14. The molecule has 4 N–H and O–H groups in total. The summed E-state index contributed by atoms with van der Waals surface area (Å²) >= 11 is 0. The molecule has 1 aliphatic rings. The highest BCUT2D eigenvalue weighted by atomic mass is 19.4. The molecule has 0 radical (unpaired) electrons. The van der Waals surface area contributed by atoms with Crippen molar-refractivity contribution in [1.29, 1.82) is 0 Å². The molecule has 0 bridgehead atoms. The van der Waals surface area contributed by atoms with Crippen molar-refractivity contribution in [3.8, 4) is 11.3 Å². The minimum absolute atomic E-state index is 0.0524. The lowest BCUT2D eigenvalue weighted by Crippen LogP contribution is -2.38. The number of aromatic nitrogens is 3. The fraction of sp³-hybridized carbons (Fsp3) is 0.263. The summed E-state index contributed by atoms with van der Waals surface area (Å²) in [5, 5.41) is 15.4. The van der Waals surface area contributed by atoms with Crippen LogP contribution in [0.2, 0.25) is 0 Å². The van der Waals surface area contributed by atoms with Crippen molar-refractivity contribution in [3.05, 3.63) is 47.5 Å². The number of amides is 2. The molecule has 9 nitrogen and oxygen atoms in total. The first-order valence-corrected chi connectivity index (χ1v) is 9.34. The summed E-state index contributed by atoms with van der Waals surface area (Å²) in [6.45, 7) is 0.275. The fourth-order valence-electron chi connectivity index (χ4n) is 3.66. The minimum Gasteiger partial charge on any atom is -0.465 e. The molecule has 0 aliphatic carbocycles. The molecule has 1 aliphatic heterocycles. The van der Waals surface area contributed by atoms with Gasteiger partial charge in [0.25, 0.3) is 5.91 Å². The molecule has 32 heavy (non-hydrogen) atoms. The molecule has 1 fully saturated rings. The lowest BCUT2D eigenvalue weighted by molar-refractivity contribution is -0.136. The van der Waals surface area contributed by atoms with Gasteiger partial charge in [-0.3, -0.25) is 4.79 Å². The molecule has 1 aromatic carbocycles. The molecule has 3 aromatic rings. The maximum absolute atomic E-state index is 14.4. The van der Waals surface area contributed by atoms with E-state index in [9.17, 15) is 27.2 Å². The van der Waals surface area contributed by atoms with E-state index >= 15 is 0 Å². The number of nitrogen functional groups attached to an aromatic ring is 1. The largest absolute Gasteiger partial charge is 0.465 e. The van der Waals surface area contributed by atoms with Gasteiger partial charge in [-0.25, -0.2) is 18.7 Å². The van der Waals surface area contributed by atoms with Crippen LogP contribution < -0.4 is 11.1 Å². The predicted octanol–water partition coefficient (Wildman–Crippen LogP) is 2.62. The van der Waals surface area contributed by atoms with Gasteiger partial charge in [0, 0.05) is 24.7 Å². The highest BCUT2D eigenvalue weighted by molar-refractivity contribution is 5.96. The quantitative estimate of drug-likeness (QED) is 0.525. The summed E-state index contributed by atoms with van der Waals surface area (Å²) in [5.41, 5.74) is 3.74. The number of rotatable bonds is 3. The fourth-order valence-corrected chi connectivity index (χ4v) is 3.66. The molecule has 0 saturated carbocycles. The maximum Gasteiger partial charge on any atom is 0.418 e. The van der Waals surface area contributed by atoms with E-state index in [1.165, 1.54) is 6.07 Å². The van der Waals surface area contributed by atoms with E-state index < -0.39 is 46.7 Å². The van der Waals surface area contributed by atoms with Gasteiger partial charge in [0.1, 0.15) is 17.7 Å². The van der Waals surface area contributed by atoms with Crippen LogP contribution in [0.1, 0.15) is 22.3 Å². The highest BCUT2D eigenvalue weighted by Crippen LogP contribution is 2.38. The average molecular weight is 452 g/mol. The van der Waals surface area contributed by atoms with Crippen molar-refractivity contribution in [1.82, 2.24) is 24.8 Å². The highest BCUT2D eigenvalue weighted by Gasteiger charge is 2.36. The Bertz CT molecular complexity index is 1230. The first-order valence-electron chi connectivity index (χ1n) is 9.34. The van der Waals surface area contributed by atoms with Crippen molar-refractivity contribution in [2.24, 2.45) is 0 Å². The summed E-state index contributed by atoms with van der Waals surface area (Å²) in [6.07, 6.45) is -4.54. The normalized spacial score (nSPS) is 16.5. The van der Waals surface area contributed by atoms with Gasteiger partial charge in [-0.05, 0) is 30.7 Å². The van der Waals surface area contributed by atoms with Gasteiger partial charge in [-0.1, -0.05) is 0 Å². The van der Waals surface area contributed by atoms with Crippen LogP contribution in [-0.2, 0) is 6.18 Å². The molecule has 0 unspecified atom stereocenters. The van der Waals surface area contributed by atoms with Crippen LogP contribution in [0, 0.1) is 5.82 Å². The third kappa shape index (κ3) is 3.76. The van der Waals surface area contributed by atoms with Crippen molar-refractivity contribution in [3.63, 3.8) is 0 Å². The van der Waals surface area contributed by atoms with Crippen LogP contribution in [0.5, 0.6) is 0 Å². The summed E-state index contributed by atoms with van der Waals surface area (Å²) in [5.74, 6) is -2.08. The number of nitrogens with one attached hydrogen (secondary N) is 1. The number of carbonyl (C=O) groups excluding carboxylic acids is 1. The number of anilines is 1. The predicted molar refractivity (Wildman–Crippen MR) is 103 cm³/mol. The third-order valence-electron chi connectivity index (χ3n) is 5.19. The second-order valence-electron chi connectivity index (χ2n) is 7.23. The molecule has 2 aromatic heterocycles. The van der Waals surface area contributed by atoms with E-state index in [1.807, 2.05) is 0 Å². The molecule has 3 heterocycles. The number of benzene rings is 1.